The zero-order valence-electron chi connectivity index (χ0n) is 17.2. The molecule has 30 heavy (non-hydrogen) atoms. The van der Waals surface area contributed by atoms with Crippen molar-refractivity contribution in [2.24, 2.45) is 9.98 Å². The normalized spacial score (nSPS) is 18.2. The third-order valence-corrected chi connectivity index (χ3v) is 6.38. The van der Waals surface area contributed by atoms with Crippen LogP contribution in [-0.2, 0) is 4.79 Å². The van der Waals surface area contributed by atoms with Crippen LogP contribution in [0.1, 0.15) is 24.0 Å². The standard InChI is InChI=1S/C23H25FN4OS/c1-16-3-5-17(6-4-16)21-22(27-23(26-21)11-13-28(2)14-12-23)30-15-20(29)25-19-9-7-18(24)8-10-19/h3-10H,11-15H2,1-2H3,(H,25,29). The number of nitrogens with zero attached hydrogens (tertiary/aromatic N) is 3. The van der Waals surface area contributed by atoms with E-state index in [2.05, 4.69) is 48.5 Å². The molecule has 5 nitrogen and oxygen atoms in total. The van der Waals surface area contributed by atoms with Gasteiger partial charge in [-0.25, -0.2) is 9.38 Å². The number of hydrogen-bond acceptors (Lipinski definition) is 5. The SMILES string of the molecule is Cc1ccc(C2=NC3(CCN(C)CC3)N=C2SCC(=O)Nc2ccc(F)cc2)cc1. The fraction of sp³-hybridized carbons (Fsp3) is 0.348. The number of benzene rings is 2. The van der Waals surface area contributed by atoms with Crippen molar-refractivity contribution in [3.63, 3.8) is 0 Å². The minimum Gasteiger partial charge on any atom is -0.325 e. The Morgan fingerprint density at radius 2 is 1.77 bits per heavy atom. The highest BCUT2D eigenvalue weighted by molar-refractivity contribution is 8.16. The first-order valence-electron chi connectivity index (χ1n) is 10.1. The Morgan fingerprint density at radius 3 is 2.43 bits per heavy atom. The molecule has 1 fully saturated rings. The Kier molecular flexibility index (Phi) is 6.01. The zero-order valence-corrected chi connectivity index (χ0v) is 18.0. The molecule has 0 unspecified atom stereocenters. The smallest absolute Gasteiger partial charge is 0.234 e. The Bertz CT molecular complexity index is 977. The van der Waals surface area contributed by atoms with Gasteiger partial charge in [0, 0.05) is 37.2 Å². The number of rotatable bonds is 4. The van der Waals surface area contributed by atoms with Gasteiger partial charge < -0.3 is 10.2 Å². The highest BCUT2D eigenvalue weighted by Crippen LogP contribution is 2.35. The molecule has 1 saturated heterocycles. The minimum absolute atomic E-state index is 0.151. The fourth-order valence-electron chi connectivity index (χ4n) is 3.59. The van der Waals surface area contributed by atoms with Crippen LogP contribution in [0, 0.1) is 12.7 Å². The van der Waals surface area contributed by atoms with Crippen LogP contribution in [0.3, 0.4) is 0 Å². The molecule has 1 spiro atoms. The van der Waals surface area contributed by atoms with Crippen LogP contribution in [-0.4, -0.2) is 53.1 Å². The minimum atomic E-state index is -0.414. The summed E-state index contributed by atoms with van der Waals surface area (Å²) < 4.78 is 13.1. The van der Waals surface area contributed by atoms with Crippen LogP contribution < -0.4 is 5.32 Å². The maximum atomic E-state index is 13.1. The highest BCUT2D eigenvalue weighted by atomic mass is 32.2. The van der Waals surface area contributed by atoms with Gasteiger partial charge in [0.1, 0.15) is 10.9 Å². The Balaban J connectivity index is 1.50. The average molecular weight is 425 g/mol. The van der Waals surface area contributed by atoms with E-state index in [-0.39, 0.29) is 17.5 Å². The van der Waals surface area contributed by atoms with Crippen molar-refractivity contribution < 1.29 is 9.18 Å². The second-order valence-corrected chi connectivity index (χ2v) is 8.84. The Morgan fingerprint density at radius 1 is 1.10 bits per heavy atom. The van der Waals surface area contributed by atoms with Crippen molar-refractivity contribution in [1.29, 1.82) is 0 Å². The van der Waals surface area contributed by atoms with E-state index in [0.29, 0.717) is 5.69 Å². The molecule has 156 valence electrons. The molecule has 0 aliphatic carbocycles. The molecule has 1 N–H and O–H groups in total. The molecule has 2 aromatic rings. The van der Waals surface area contributed by atoms with E-state index in [0.717, 1.165) is 42.3 Å². The van der Waals surface area contributed by atoms with Crippen LogP contribution >= 0.6 is 11.8 Å². The van der Waals surface area contributed by atoms with Gasteiger partial charge in [-0.15, -0.1) is 0 Å². The lowest BCUT2D eigenvalue weighted by atomic mass is 9.99. The molecule has 0 radical (unpaired) electrons. The summed E-state index contributed by atoms with van der Waals surface area (Å²) in [5.74, 6) is -0.260. The lowest BCUT2D eigenvalue weighted by Gasteiger charge is -2.33. The fourth-order valence-corrected chi connectivity index (χ4v) is 4.46. The lowest BCUT2D eigenvalue weighted by Crippen LogP contribution is -2.39. The predicted octanol–water partition coefficient (Wildman–Crippen LogP) is 4.13. The van der Waals surface area contributed by atoms with Gasteiger partial charge in [0.2, 0.25) is 5.91 Å². The van der Waals surface area contributed by atoms with E-state index < -0.39 is 5.66 Å². The summed E-state index contributed by atoms with van der Waals surface area (Å²) in [6.45, 7) is 3.97. The second kappa shape index (κ2) is 8.70. The average Bonchev–Trinajstić information content (AvgIpc) is 3.09. The van der Waals surface area contributed by atoms with Crippen LogP contribution in [0.5, 0.6) is 0 Å². The van der Waals surface area contributed by atoms with Gasteiger partial charge in [-0.2, -0.15) is 0 Å². The van der Waals surface area contributed by atoms with Gasteiger partial charge in [0.15, 0.2) is 5.66 Å². The first-order chi connectivity index (χ1) is 14.4. The van der Waals surface area contributed by atoms with E-state index in [1.165, 1.54) is 29.5 Å². The summed E-state index contributed by atoms with van der Waals surface area (Å²) in [5, 5.41) is 3.62. The number of carbonyl (C=O) groups is 1. The molecule has 7 heteroatoms. The van der Waals surface area contributed by atoms with Gasteiger partial charge in [-0.3, -0.25) is 9.79 Å². The van der Waals surface area contributed by atoms with Gasteiger partial charge in [0.05, 0.1) is 11.5 Å². The Labute approximate surface area is 180 Å². The largest absolute Gasteiger partial charge is 0.325 e. The predicted molar refractivity (Wildman–Crippen MR) is 122 cm³/mol. The molecular formula is C23H25FN4OS. The number of piperidine rings is 1. The van der Waals surface area contributed by atoms with Gasteiger partial charge >= 0.3 is 0 Å². The third kappa shape index (κ3) is 4.79. The lowest BCUT2D eigenvalue weighted by molar-refractivity contribution is -0.113. The number of anilines is 1. The topological polar surface area (TPSA) is 57.1 Å². The quantitative estimate of drug-likeness (QED) is 0.803. The number of aliphatic imine (C=N–C) groups is 2. The van der Waals surface area contributed by atoms with E-state index in [1.54, 1.807) is 12.1 Å². The summed E-state index contributed by atoms with van der Waals surface area (Å²) in [6.07, 6.45) is 1.76. The van der Waals surface area contributed by atoms with Crippen LogP contribution in [0.2, 0.25) is 0 Å². The zero-order chi connectivity index (χ0) is 21.1. The van der Waals surface area contributed by atoms with Crippen molar-refractivity contribution in [2.75, 3.05) is 31.2 Å². The van der Waals surface area contributed by atoms with Gasteiger partial charge in [0.25, 0.3) is 0 Å². The van der Waals surface area contributed by atoms with Crippen molar-refractivity contribution in [3.05, 3.63) is 65.5 Å². The molecule has 0 atom stereocenters. The van der Waals surface area contributed by atoms with E-state index in [1.807, 2.05) is 0 Å². The number of amides is 1. The molecule has 2 aliphatic heterocycles. The molecule has 4 rings (SSSR count). The summed E-state index contributed by atoms with van der Waals surface area (Å²) >= 11 is 1.41. The maximum absolute atomic E-state index is 13.1. The number of likely N-dealkylation sites (tertiary alicyclic amines) is 1. The molecule has 0 bridgehead atoms. The summed E-state index contributed by atoms with van der Waals surface area (Å²) in [4.78, 5) is 24.8. The highest BCUT2D eigenvalue weighted by Gasteiger charge is 2.39. The van der Waals surface area contributed by atoms with Gasteiger partial charge in [-0.1, -0.05) is 41.6 Å². The number of nitrogens with one attached hydrogen (secondary N) is 1. The monoisotopic (exact) mass is 424 g/mol. The van der Waals surface area contributed by atoms with E-state index >= 15 is 0 Å². The van der Waals surface area contributed by atoms with E-state index in [9.17, 15) is 9.18 Å². The summed E-state index contributed by atoms with van der Waals surface area (Å²) in [5.41, 5.74) is 3.26. The molecule has 0 saturated carbocycles. The first-order valence-corrected chi connectivity index (χ1v) is 11.0. The molecule has 1 amide bonds. The number of hydrogen-bond donors (Lipinski definition) is 1. The van der Waals surface area contributed by atoms with Crippen molar-refractivity contribution >= 4 is 34.1 Å². The summed E-state index contributed by atoms with van der Waals surface area (Å²) in [6, 6.07) is 14.0. The molecule has 0 aromatic heterocycles. The number of carbonyl (C=O) groups excluding carboxylic acids is 1. The van der Waals surface area contributed by atoms with E-state index in [4.69, 9.17) is 9.98 Å². The Hall–Kier alpha value is -2.51. The summed E-state index contributed by atoms with van der Waals surface area (Å²) in [7, 11) is 2.12. The maximum Gasteiger partial charge on any atom is 0.234 e. The second-order valence-electron chi connectivity index (χ2n) is 7.87. The van der Waals surface area contributed by atoms with Crippen LogP contribution in [0.15, 0.2) is 58.5 Å². The van der Waals surface area contributed by atoms with Crippen molar-refractivity contribution in [1.82, 2.24) is 4.90 Å². The van der Waals surface area contributed by atoms with Crippen molar-refractivity contribution in [2.45, 2.75) is 25.4 Å². The number of halogens is 1. The molecular weight excluding hydrogens is 399 g/mol. The third-order valence-electron chi connectivity index (χ3n) is 5.41. The first kappa shape index (κ1) is 20.8. The molecule has 2 heterocycles. The molecule has 2 aliphatic rings. The van der Waals surface area contributed by atoms with Crippen molar-refractivity contribution in [3.8, 4) is 0 Å². The number of aryl methyl sites for hydroxylation is 1. The van der Waals surface area contributed by atoms with Crippen LogP contribution in [0.4, 0.5) is 10.1 Å². The van der Waals surface area contributed by atoms with Gasteiger partial charge in [-0.05, 0) is 38.2 Å². The number of thioether (sulfide) groups is 1. The van der Waals surface area contributed by atoms with Crippen LogP contribution in [0.25, 0.3) is 0 Å². The molecule has 2 aromatic carbocycles.